The van der Waals surface area contributed by atoms with Crippen molar-refractivity contribution in [2.45, 2.75) is 39.3 Å². The summed E-state index contributed by atoms with van der Waals surface area (Å²) in [6.07, 6.45) is 4.13. The van der Waals surface area contributed by atoms with Crippen LogP contribution in [0.3, 0.4) is 0 Å². The largest absolute Gasteiger partial charge is 0.315 e. The van der Waals surface area contributed by atoms with Crippen molar-refractivity contribution < 1.29 is 0 Å². The second kappa shape index (κ2) is 7.90. The summed E-state index contributed by atoms with van der Waals surface area (Å²) in [5.74, 6) is 0. The number of pyridine rings is 1. The lowest BCUT2D eigenvalue weighted by atomic mass is 10.2. The molecular formula is C17H25ClN4O. The fourth-order valence-corrected chi connectivity index (χ4v) is 3.18. The zero-order chi connectivity index (χ0) is 15.5. The smallest absolute Gasteiger partial charge is 0.258 e. The number of rotatable bonds is 5. The first-order valence-corrected chi connectivity index (χ1v) is 8.11. The van der Waals surface area contributed by atoms with Crippen LogP contribution in [0.5, 0.6) is 0 Å². The highest BCUT2D eigenvalue weighted by Gasteiger charge is 2.22. The molecule has 1 atom stereocenters. The van der Waals surface area contributed by atoms with Crippen molar-refractivity contribution in [1.29, 1.82) is 0 Å². The van der Waals surface area contributed by atoms with Gasteiger partial charge in [-0.05, 0) is 44.5 Å². The molecule has 1 N–H and O–H groups in total. The first kappa shape index (κ1) is 17.9. The Morgan fingerprint density at radius 1 is 1.43 bits per heavy atom. The molecule has 1 saturated heterocycles. The summed E-state index contributed by atoms with van der Waals surface area (Å²) >= 11 is 0. The molecule has 0 spiro atoms. The molecule has 23 heavy (non-hydrogen) atoms. The minimum absolute atomic E-state index is 0. The van der Waals surface area contributed by atoms with Gasteiger partial charge < -0.3 is 5.32 Å². The predicted octanol–water partition coefficient (Wildman–Crippen LogP) is 2.00. The Bertz CT molecular complexity index is 709. The zero-order valence-corrected chi connectivity index (χ0v) is 14.6. The van der Waals surface area contributed by atoms with Crippen molar-refractivity contribution in [3.8, 4) is 0 Å². The molecule has 2 aromatic rings. The molecule has 0 radical (unpaired) electrons. The standard InChI is InChI=1S/C17H24N4O.ClH/c1-3-8-20(15-6-7-18-10-15)12-14-9-17(22)21-11-13(2)4-5-16(21)19-14;/h4-5,9,11,15,18H,3,6-8,10,12H2,1-2H3;1H. The van der Waals surface area contributed by atoms with E-state index in [1.54, 1.807) is 10.5 Å². The van der Waals surface area contributed by atoms with Crippen LogP contribution >= 0.6 is 12.4 Å². The van der Waals surface area contributed by atoms with E-state index in [2.05, 4.69) is 22.1 Å². The van der Waals surface area contributed by atoms with Crippen LogP contribution in [0.15, 0.2) is 29.2 Å². The van der Waals surface area contributed by atoms with Crippen LogP contribution < -0.4 is 10.9 Å². The van der Waals surface area contributed by atoms with E-state index in [1.807, 2.05) is 25.3 Å². The molecule has 1 unspecified atom stereocenters. The highest BCUT2D eigenvalue weighted by molar-refractivity contribution is 5.85. The van der Waals surface area contributed by atoms with Crippen molar-refractivity contribution in [2.75, 3.05) is 19.6 Å². The summed E-state index contributed by atoms with van der Waals surface area (Å²) in [4.78, 5) is 19.4. The van der Waals surface area contributed by atoms with Crippen molar-refractivity contribution >= 4 is 18.1 Å². The van der Waals surface area contributed by atoms with Gasteiger partial charge in [-0.2, -0.15) is 0 Å². The second-order valence-electron chi connectivity index (χ2n) is 6.14. The van der Waals surface area contributed by atoms with Gasteiger partial charge >= 0.3 is 0 Å². The lowest BCUT2D eigenvalue weighted by Gasteiger charge is -2.27. The third-order valence-electron chi connectivity index (χ3n) is 4.29. The number of halogens is 1. The first-order valence-electron chi connectivity index (χ1n) is 8.11. The van der Waals surface area contributed by atoms with E-state index < -0.39 is 0 Å². The molecular weight excluding hydrogens is 312 g/mol. The Hall–Kier alpha value is -1.43. The molecule has 1 aliphatic rings. The predicted molar refractivity (Wildman–Crippen MR) is 95.4 cm³/mol. The van der Waals surface area contributed by atoms with E-state index in [0.717, 1.165) is 49.5 Å². The molecule has 126 valence electrons. The molecule has 3 heterocycles. The number of aromatic nitrogens is 2. The minimum Gasteiger partial charge on any atom is -0.315 e. The number of hydrogen-bond acceptors (Lipinski definition) is 4. The topological polar surface area (TPSA) is 49.6 Å². The zero-order valence-electron chi connectivity index (χ0n) is 13.8. The van der Waals surface area contributed by atoms with Gasteiger partial charge in [-0.3, -0.25) is 14.1 Å². The number of nitrogens with one attached hydrogen (secondary N) is 1. The SMILES string of the molecule is CCCN(Cc1cc(=O)n2cc(C)ccc2n1)C1CCNC1.Cl. The van der Waals surface area contributed by atoms with Crippen LogP contribution in [0.25, 0.3) is 5.65 Å². The highest BCUT2D eigenvalue weighted by Crippen LogP contribution is 2.13. The van der Waals surface area contributed by atoms with Crippen LogP contribution in [-0.2, 0) is 6.54 Å². The average Bonchev–Trinajstić information content (AvgIpc) is 3.02. The Morgan fingerprint density at radius 3 is 2.96 bits per heavy atom. The maximum Gasteiger partial charge on any atom is 0.258 e. The van der Waals surface area contributed by atoms with E-state index in [4.69, 9.17) is 0 Å². The number of hydrogen-bond donors (Lipinski definition) is 1. The van der Waals surface area contributed by atoms with Gasteiger partial charge in [0.05, 0.1) is 5.69 Å². The molecule has 3 rings (SSSR count). The maximum absolute atomic E-state index is 12.3. The molecule has 0 bridgehead atoms. The average molecular weight is 337 g/mol. The molecule has 0 amide bonds. The second-order valence-corrected chi connectivity index (χ2v) is 6.14. The van der Waals surface area contributed by atoms with Crippen LogP contribution in [0, 0.1) is 6.92 Å². The Balaban J connectivity index is 0.00000192. The van der Waals surface area contributed by atoms with Gasteiger partial charge in [0.15, 0.2) is 0 Å². The van der Waals surface area contributed by atoms with Crippen molar-refractivity contribution in [3.63, 3.8) is 0 Å². The quantitative estimate of drug-likeness (QED) is 0.907. The summed E-state index contributed by atoms with van der Waals surface area (Å²) in [6.45, 7) is 8.08. The van der Waals surface area contributed by atoms with E-state index in [9.17, 15) is 4.79 Å². The summed E-state index contributed by atoms with van der Waals surface area (Å²) in [5.41, 5.74) is 2.67. The third kappa shape index (κ3) is 4.10. The molecule has 0 saturated carbocycles. The monoisotopic (exact) mass is 336 g/mol. The molecule has 1 fully saturated rings. The van der Waals surface area contributed by atoms with E-state index in [-0.39, 0.29) is 18.0 Å². The van der Waals surface area contributed by atoms with E-state index in [1.165, 1.54) is 6.42 Å². The highest BCUT2D eigenvalue weighted by atomic mass is 35.5. The lowest BCUT2D eigenvalue weighted by Crippen LogP contribution is -2.37. The summed E-state index contributed by atoms with van der Waals surface area (Å²) in [6, 6.07) is 6.15. The first-order chi connectivity index (χ1) is 10.7. The van der Waals surface area contributed by atoms with E-state index in [0.29, 0.717) is 6.04 Å². The summed E-state index contributed by atoms with van der Waals surface area (Å²) in [7, 11) is 0. The van der Waals surface area contributed by atoms with Crippen LogP contribution in [0.2, 0.25) is 0 Å². The molecule has 2 aromatic heterocycles. The number of fused-ring (bicyclic) bond motifs is 1. The number of aryl methyl sites for hydroxylation is 1. The number of nitrogens with zero attached hydrogens (tertiary/aromatic N) is 3. The van der Waals surface area contributed by atoms with Crippen molar-refractivity contribution in [2.24, 2.45) is 0 Å². The molecule has 5 nitrogen and oxygen atoms in total. The van der Waals surface area contributed by atoms with Gasteiger partial charge in [-0.25, -0.2) is 4.98 Å². The van der Waals surface area contributed by atoms with Crippen LogP contribution in [0.4, 0.5) is 0 Å². The van der Waals surface area contributed by atoms with Gasteiger partial charge in [0.25, 0.3) is 5.56 Å². The van der Waals surface area contributed by atoms with Crippen molar-refractivity contribution in [3.05, 3.63) is 46.0 Å². The fourth-order valence-electron chi connectivity index (χ4n) is 3.18. The third-order valence-corrected chi connectivity index (χ3v) is 4.29. The summed E-state index contributed by atoms with van der Waals surface area (Å²) in [5, 5.41) is 3.42. The van der Waals surface area contributed by atoms with Gasteiger partial charge in [-0.1, -0.05) is 13.0 Å². The molecule has 0 aromatic carbocycles. The Kier molecular flexibility index (Phi) is 6.16. The molecule has 0 aliphatic carbocycles. The van der Waals surface area contributed by atoms with E-state index >= 15 is 0 Å². The maximum atomic E-state index is 12.3. The van der Waals surface area contributed by atoms with Crippen LogP contribution in [-0.4, -0.2) is 40.0 Å². The molecule has 6 heteroatoms. The lowest BCUT2D eigenvalue weighted by molar-refractivity contribution is 0.197. The Labute approximate surface area is 143 Å². The van der Waals surface area contributed by atoms with Gasteiger partial charge in [-0.15, -0.1) is 12.4 Å². The van der Waals surface area contributed by atoms with Crippen molar-refractivity contribution in [1.82, 2.24) is 19.6 Å². The summed E-state index contributed by atoms with van der Waals surface area (Å²) < 4.78 is 1.63. The van der Waals surface area contributed by atoms with Gasteiger partial charge in [0.1, 0.15) is 5.65 Å². The normalized spacial score (nSPS) is 17.6. The molecule has 1 aliphatic heterocycles. The fraction of sp³-hybridized carbons (Fsp3) is 0.529. The minimum atomic E-state index is 0. The van der Waals surface area contributed by atoms with Crippen LogP contribution in [0.1, 0.15) is 31.0 Å². The van der Waals surface area contributed by atoms with Gasteiger partial charge in [0.2, 0.25) is 0 Å². The van der Waals surface area contributed by atoms with Gasteiger partial charge in [0, 0.05) is 31.4 Å². The Morgan fingerprint density at radius 2 is 2.26 bits per heavy atom.